The number of benzene rings is 1. The molecule has 0 spiro atoms. The van der Waals surface area contributed by atoms with Gasteiger partial charge in [0.2, 0.25) is 0 Å². The zero-order valence-corrected chi connectivity index (χ0v) is 12.4. The molecule has 2 aromatic heterocycles. The summed E-state index contributed by atoms with van der Waals surface area (Å²) in [6.45, 7) is 0.767. The molecule has 0 radical (unpaired) electrons. The van der Waals surface area contributed by atoms with E-state index in [-0.39, 0.29) is 6.04 Å². The number of nitrogens with one attached hydrogen (secondary N) is 1. The fourth-order valence-corrected chi connectivity index (χ4v) is 4.92. The summed E-state index contributed by atoms with van der Waals surface area (Å²) < 4.78 is 8.44. The summed E-state index contributed by atoms with van der Waals surface area (Å²) in [6.07, 6.45) is 0.986. The monoisotopic (exact) mass is 302 g/mol. The molecule has 1 unspecified atom stereocenters. The molecular formula is C15H14N2OS2. The van der Waals surface area contributed by atoms with E-state index in [1.807, 2.05) is 0 Å². The first-order valence-corrected chi connectivity index (χ1v) is 8.24. The van der Waals surface area contributed by atoms with Gasteiger partial charge in [0.25, 0.3) is 0 Å². The van der Waals surface area contributed by atoms with Crippen LogP contribution in [-0.2, 0) is 6.42 Å². The standard InChI is InChI=1S/C15H14N2OS2/c16-17-14(13-8-12-11(20-13)5-7-19-12)10-3-1-2-9-4-6-18-15(9)10/h1-3,5,7-8,14,17H,4,6,16H2. The minimum Gasteiger partial charge on any atom is -0.493 e. The highest BCUT2D eigenvalue weighted by Crippen LogP contribution is 2.40. The predicted molar refractivity (Wildman–Crippen MR) is 84.5 cm³/mol. The smallest absolute Gasteiger partial charge is 0.127 e. The molecule has 5 heteroatoms. The maximum absolute atomic E-state index is 5.83. The van der Waals surface area contributed by atoms with Gasteiger partial charge in [-0.15, -0.1) is 22.7 Å². The van der Waals surface area contributed by atoms with Gasteiger partial charge in [-0.05, 0) is 23.1 Å². The lowest BCUT2D eigenvalue weighted by molar-refractivity contribution is 0.350. The molecule has 0 bridgehead atoms. The van der Waals surface area contributed by atoms with Crippen LogP contribution in [0.1, 0.15) is 22.0 Å². The van der Waals surface area contributed by atoms with Gasteiger partial charge in [-0.1, -0.05) is 18.2 Å². The summed E-state index contributed by atoms with van der Waals surface area (Å²) in [4.78, 5) is 1.23. The summed E-state index contributed by atoms with van der Waals surface area (Å²) >= 11 is 3.56. The number of thiophene rings is 2. The number of hydrazine groups is 1. The summed E-state index contributed by atoms with van der Waals surface area (Å²) in [5.74, 6) is 6.83. The highest BCUT2D eigenvalue weighted by atomic mass is 32.1. The molecule has 3 aromatic rings. The van der Waals surface area contributed by atoms with E-state index in [9.17, 15) is 0 Å². The van der Waals surface area contributed by atoms with Crippen LogP contribution in [0, 0.1) is 0 Å². The van der Waals surface area contributed by atoms with Gasteiger partial charge in [-0.3, -0.25) is 5.84 Å². The lowest BCUT2D eigenvalue weighted by atomic mass is 10.0. The average molecular weight is 302 g/mol. The molecule has 4 rings (SSSR count). The van der Waals surface area contributed by atoms with Crippen molar-refractivity contribution in [2.75, 3.05) is 6.61 Å². The van der Waals surface area contributed by atoms with E-state index < -0.39 is 0 Å². The van der Waals surface area contributed by atoms with Crippen molar-refractivity contribution in [3.63, 3.8) is 0 Å². The molecule has 0 aliphatic carbocycles. The third kappa shape index (κ3) is 1.86. The molecule has 0 amide bonds. The van der Waals surface area contributed by atoms with Gasteiger partial charge in [0.15, 0.2) is 0 Å². The van der Waals surface area contributed by atoms with Crippen molar-refractivity contribution >= 4 is 32.1 Å². The molecule has 1 aromatic carbocycles. The summed E-state index contributed by atoms with van der Waals surface area (Å²) in [7, 11) is 0. The minimum absolute atomic E-state index is 0.00681. The molecule has 20 heavy (non-hydrogen) atoms. The van der Waals surface area contributed by atoms with Crippen LogP contribution in [0.5, 0.6) is 5.75 Å². The first-order valence-electron chi connectivity index (χ1n) is 6.54. The van der Waals surface area contributed by atoms with Crippen LogP contribution in [0.25, 0.3) is 9.40 Å². The largest absolute Gasteiger partial charge is 0.493 e. The fraction of sp³-hybridized carbons (Fsp3) is 0.200. The number of nitrogens with two attached hydrogens (primary N) is 1. The maximum atomic E-state index is 5.83. The van der Waals surface area contributed by atoms with Crippen LogP contribution < -0.4 is 16.0 Å². The van der Waals surface area contributed by atoms with Crippen molar-refractivity contribution in [3.05, 3.63) is 51.7 Å². The van der Waals surface area contributed by atoms with E-state index in [1.165, 1.54) is 19.8 Å². The predicted octanol–water partition coefficient (Wildman–Crippen LogP) is 3.45. The Hall–Kier alpha value is -1.40. The summed E-state index contributed by atoms with van der Waals surface area (Å²) in [5.41, 5.74) is 5.36. The molecule has 0 saturated carbocycles. The highest BCUT2D eigenvalue weighted by molar-refractivity contribution is 7.27. The Balaban J connectivity index is 1.82. The maximum Gasteiger partial charge on any atom is 0.127 e. The molecule has 3 nitrogen and oxygen atoms in total. The van der Waals surface area contributed by atoms with Gasteiger partial charge < -0.3 is 4.74 Å². The van der Waals surface area contributed by atoms with Crippen LogP contribution in [0.3, 0.4) is 0 Å². The molecule has 0 fully saturated rings. The topological polar surface area (TPSA) is 47.3 Å². The molecule has 0 saturated heterocycles. The van der Waals surface area contributed by atoms with Crippen LogP contribution in [0.4, 0.5) is 0 Å². The molecule has 1 atom stereocenters. The van der Waals surface area contributed by atoms with Gasteiger partial charge in [0.05, 0.1) is 12.6 Å². The molecule has 1 aliphatic heterocycles. The van der Waals surface area contributed by atoms with Crippen molar-refractivity contribution < 1.29 is 4.74 Å². The quantitative estimate of drug-likeness (QED) is 0.575. The van der Waals surface area contributed by atoms with Crippen molar-refractivity contribution in [3.8, 4) is 5.75 Å². The molecule has 3 N–H and O–H groups in total. The minimum atomic E-state index is -0.00681. The number of para-hydroxylation sites is 1. The van der Waals surface area contributed by atoms with Gasteiger partial charge in [-0.25, -0.2) is 5.43 Å². The number of rotatable bonds is 3. The zero-order valence-electron chi connectivity index (χ0n) is 10.8. The van der Waals surface area contributed by atoms with Crippen LogP contribution in [-0.4, -0.2) is 6.61 Å². The van der Waals surface area contributed by atoms with E-state index >= 15 is 0 Å². The van der Waals surface area contributed by atoms with E-state index in [4.69, 9.17) is 10.6 Å². The number of hydrogen-bond acceptors (Lipinski definition) is 5. The fourth-order valence-electron chi connectivity index (χ4n) is 2.72. The zero-order chi connectivity index (χ0) is 13.5. The van der Waals surface area contributed by atoms with E-state index in [2.05, 4.69) is 41.1 Å². The van der Waals surface area contributed by atoms with Crippen LogP contribution in [0.15, 0.2) is 35.7 Å². The first-order chi connectivity index (χ1) is 9.86. The number of fused-ring (bicyclic) bond motifs is 2. The Morgan fingerprint density at radius 1 is 1.25 bits per heavy atom. The summed E-state index contributed by atoms with van der Waals surface area (Å²) in [6, 6.07) is 10.7. The van der Waals surface area contributed by atoms with Gasteiger partial charge in [0, 0.05) is 26.3 Å². The normalized spacial score (nSPS) is 15.2. The van der Waals surface area contributed by atoms with Crippen molar-refractivity contribution in [2.24, 2.45) is 5.84 Å². The Kier molecular flexibility index (Phi) is 3.00. The van der Waals surface area contributed by atoms with Gasteiger partial charge >= 0.3 is 0 Å². The average Bonchev–Trinajstić information content (AvgIpc) is 3.14. The highest BCUT2D eigenvalue weighted by Gasteiger charge is 2.24. The second kappa shape index (κ2) is 4.86. The van der Waals surface area contributed by atoms with Crippen LogP contribution >= 0.6 is 22.7 Å². The molecule has 3 heterocycles. The number of ether oxygens (including phenoxy) is 1. The number of hydrogen-bond donors (Lipinski definition) is 2. The first kappa shape index (κ1) is 12.3. The third-order valence-electron chi connectivity index (χ3n) is 3.67. The Labute approximate surface area is 125 Å². The van der Waals surface area contributed by atoms with Crippen molar-refractivity contribution in [1.29, 1.82) is 0 Å². The second-order valence-electron chi connectivity index (χ2n) is 4.83. The molecule has 102 valence electrons. The van der Waals surface area contributed by atoms with E-state index in [1.54, 1.807) is 22.7 Å². The van der Waals surface area contributed by atoms with Gasteiger partial charge in [-0.2, -0.15) is 0 Å². The Morgan fingerprint density at radius 3 is 3.05 bits per heavy atom. The summed E-state index contributed by atoms with van der Waals surface area (Å²) in [5, 5.41) is 2.12. The van der Waals surface area contributed by atoms with Crippen molar-refractivity contribution in [2.45, 2.75) is 12.5 Å². The van der Waals surface area contributed by atoms with Crippen LogP contribution in [0.2, 0.25) is 0 Å². The SMILES string of the molecule is NNC(c1cc2sccc2s1)c1cccc2c1OCC2. The lowest BCUT2D eigenvalue weighted by Gasteiger charge is -2.17. The van der Waals surface area contributed by atoms with E-state index in [0.29, 0.717) is 0 Å². The third-order valence-corrected chi connectivity index (χ3v) is 5.82. The van der Waals surface area contributed by atoms with Crippen molar-refractivity contribution in [1.82, 2.24) is 5.43 Å². The Morgan fingerprint density at radius 2 is 2.20 bits per heavy atom. The van der Waals surface area contributed by atoms with Gasteiger partial charge in [0.1, 0.15) is 5.75 Å². The lowest BCUT2D eigenvalue weighted by Crippen LogP contribution is -2.28. The molecular weight excluding hydrogens is 288 g/mol. The van der Waals surface area contributed by atoms with E-state index in [0.717, 1.165) is 24.3 Å². The molecule has 1 aliphatic rings. The second-order valence-corrected chi connectivity index (χ2v) is 6.89. The Bertz CT molecular complexity index is 734.